The molecule has 1 amide bonds. The van der Waals surface area contributed by atoms with Gasteiger partial charge in [-0.05, 0) is 157 Å². The van der Waals surface area contributed by atoms with Crippen molar-refractivity contribution in [2.75, 3.05) is 72.1 Å². The first-order chi connectivity index (χ1) is 39.9. The SMILES string of the molecule is CC(CN1c2ccccc2Sc2ccccc21)N(C)C.COc1cccc([C@@]2(O)CCCC[C@@H]2CN(C)C)c1.NC(=O)CS(=O)C(c1ccccc1)c1ccccc1.O=C1CC[C@@]2(O)[C@H]3Cc4ccc(O)c5c4[C@@]2(CCN3CC2CC2)[C@H]1O5. The fourth-order valence-electron chi connectivity index (χ4n) is 13.8. The molecule has 0 aromatic heterocycles. The maximum atomic E-state index is 12.7. The Balaban J connectivity index is 0.000000125. The molecule has 3 saturated carbocycles. The summed E-state index contributed by atoms with van der Waals surface area (Å²) in [6.45, 7) is 6.15. The summed E-state index contributed by atoms with van der Waals surface area (Å²) in [7, 11) is 8.72. The molecule has 5 N–H and O–H groups in total. The number of aliphatic hydroxyl groups is 2. The molecule has 0 radical (unpaired) electrons. The molecule has 440 valence electrons. The number of carbonyl (C=O) groups is 2. The highest BCUT2D eigenvalue weighted by atomic mass is 32.2. The Morgan fingerprint density at radius 3 is 2.06 bits per heavy atom. The predicted molar refractivity (Wildman–Crippen MR) is 331 cm³/mol. The van der Waals surface area contributed by atoms with Gasteiger partial charge in [0.25, 0.3) is 0 Å². The van der Waals surface area contributed by atoms with E-state index in [2.05, 4.69) is 103 Å². The van der Waals surface area contributed by atoms with Crippen molar-refractivity contribution in [3.8, 4) is 17.2 Å². The molecule has 7 aliphatic rings. The van der Waals surface area contributed by atoms with Crippen molar-refractivity contribution in [2.45, 2.75) is 121 Å². The van der Waals surface area contributed by atoms with Crippen LogP contribution in [0.5, 0.6) is 17.2 Å². The zero-order valence-electron chi connectivity index (χ0n) is 49.0. The Morgan fingerprint density at radius 1 is 0.819 bits per heavy atom. The lowest BCUT2D eigenvalue weighted by atomic mass is 9.49. The highest BCUT2D eigenvalue weighted by Gasteiger charge is 2.73. The number of likely N-dealkylation sites (N-methyl/N-ethyl adjacent to an activating group) is 1. The van der Waals surface area contributed by atoms with Crippen molar-refractivity contribution in [3.05, 3.63) is 173 Å². The molecular formula is C68H83N5O8S2. The molecule has 13 rings (SSSR count). The number of primary amides is 1. The van der Waals surface area contributed by atoms with Crippen LogP contribution in [0.25, 0.3) is 0 Å². The Labute approximate surface area is 497 Å². The number of nitrogens with two attached hydrogens (primary N) is 1. The first-order valence-electron chi connectivity index (χ1n) is 29.5. The van der Waals surface area contributed by atoms with Gasteiger partial charge >= 0.3 is 0 Å². The average Bonchev–Trinajstić information content (AvgIpc) is 1.69. The van der Waals surface area contributed by atoms with Gasteiger partial charge in [0, 0.05) is 70.2 Å². The van der Waals surface area contributed by atoms with Crippen LogP contribution >= 0.6 is 11.8 Å². The normalized spacial score (nSPS) is 25.2. The number of fused-ring (bicyclic) bond motifs is 2. The second kappa shape index (κ2) is 25.7. The number of hydrogen-bond donors (Lipinski definition) is 4. The van der Waals surface area contributed by atoms with E-state index in [-0.39, 0.29) is 28.6 Å². The lowest BCUT2D eigenvalue weighted by Gasteiger charge is -2.62. The number of likely N-dealkylation sites (tertiary alicyclic amines) is 1. The molecular weight excluding hydrogens is 1080 g/mol. The number of amides is 1. The number of ether oxygens (including phenoxy) is 2. The number of rotatable bonds is 14. The fraction of sp³-hybridized carbons (Fsp3) is 0.441. The Hall–Kier alpha value is -6.04. The number of phenols is 1. The Kier molecular flexibility index (Phi) is 18.6. The summed E-state index contributed by atoms with van der Waals surface area (Å²) in [4.78, 5) is 35.8. The Bertz CT molecular complexity index is 3170. The third kappa shape index (κ3) is 12.4. The molecule has 2 unspecified atom stereocenters. The number of phenolic OH excluding ortho intramolecular Hbond substituents is 1. The van der Waals surface area contributed by atoms with Gasteiger partial charge < -0.3 is 45.2 Å². The molecule has 6 aromatic carbocycles. The molecule has 1 saturated heterocycles. The first-order valence-corrected chi connectivity index (χ1v) is 31.7. The minimum atomic E-state index is -1.36. The fourth-order valence-corrected chi connectivity index (χ4v) is 16.3. The van der Waals surface area contributed by atoms with Gasteiger partial charge in [-0.15, -0.1) is 0 Å². The third-order valence-corrected chi connectivity index (χ3v) is 21.1. The van der Waals surface area contributed by atoms with E-state index in [9.17, 15) is 29.1 Å². The highest BCUT2D eigenvalue weighted by Crippen LogP contribution is 2.65. The number of nitrogens with zero attached hydrogens (tertiary/aromatic N) is 4. The van der Waals surface area contributed by atoms with E-state index in [1.165, 1.54) is 40.4 Å². The van der Waals surface area contributed by atoms with Crippen LogP contribution in [0.1, 0.15) is 97.8 Å². The number of aromatic hydroxyl groups is 1. The van der Waals surface area contributed by atoms with Crippen molar-refractivity contribution in [1.29, 1.82) is 0 Å². The van der Waals surface area contributed by atoms with E-state index in [0.717, 1.165) is 97.8 Å². The third-order valence-electron chi connectivity index (χ3n) is 18.4. The largest absolute Gasteiger partial charge is 0.504 e. The van der Waals surface area contributed by atoms with Gasteiger partial charge in [-0.25, -0.2) is 0 Å². The summed E-state index contributed by atoms with van der Waals surface area (Å²) in [6, 6.07) is 48.5. The summed E-state index contributed by atoms with van der Waals surface area (Å²) < 4.78 is 23.7. The summed E-state index contributed by atoms with van der Waals surface area (Å²) in [5.41, 5.74) is 10.4. The van der Waals surface area contributed by atoms with E-state index in [1.807, 2.05) is 103 Å². The maximum Gasteiger partial charge on any atom is 0.230 e. The van der Waals surface area contributed by atoms with E-state index in [0.29, 0.717) is 30.6 Å². The average molecular weight is 1160 g/mol. The molecule has 1 spiro atoms. The topological polar surface area (TPSA) is 169 Å². The second-order valence-electron chi connectivity index (χ2n) is 24.2. The quantitative estimate of drug-likeness (QED) is 0.0814. The van der Waals surface area contributed by atoms with Crippen LogP contribution in [0.2, 0.25) is 0 Å². The standard InChI is InChI=1S/C20H23NO4.C17H20N2S.C16H25NO2.C15H15NO2S/c22-13-4-3-12-9-15-20(24)6-5-14(23)18-19(20,16(12)17(13)25-18)7-8-21(15)10-11-1-2-11;1-13(18(2)3)12-19-14-8-4-6-10-16(14)20-17-11-7-5-9-15(17)19;1-17(2)12-14-7-4-5-10-16(14,18)13-8-6-9-15(11-13)19-3;16-14(17)11-19(18)15(12-7-3-1-4-8-12)13-9-5-2-6-10-13/h3-4,11,15,18,22,24H,1-2,5-10H2;4-11,13H,12H2,1-3H3;6,8-9,11,14,18H,4-5,7,10,12H2,1-3H3;1-10,15H,11H2,(H2,16,17)/t15-,18+,19+,20-;;14-,16+;/m1.1./s1. The van der Waals surface area contributed by atoms with Crippen LogP contribution in [0.15, 0.2) is 155 Å². The van der Waals surface area contributed by atoms with Gasteiger partial charge in [0.2, 0.25) is 5.91 Å². The van der Waals surface area contributed by atoms with Gasteiger partial charge in [-0.3, -0.25) is 18.7 Å². The number of methoxy groups -OCH3 is 1. The molecule has 2 bridgehead atoms. The molecule has 6 aromatic rings. The number of carbonyl (C=O) groups excluding carboxylic acids is 2. The monoisotopic (exact) mass is 1160 g/mol. The van der Waals surface area contributed by atoms with Crippen molar-refractivity contribution >= 4 is 45.6 Å². The molecule has 8 atom stereocenters. The first kappa shape index (κ1) is 60.1. The van der Waals surface area contributed by atoms with E-state index in [1.54, 1.807) is 13.2 Å². The van der Waals surface area contributed by atoms with Crippen LogP contribution in [0.3, 0.4) is 0 Å². The number of anilines is 2. The summed E-state index contributed by atoms with van der Waals surface area (Å²) in [6.07, 6.45) is 8.57. The van der Waals surface area contributed by atoms with Crippen LogP contribution in [-0.4, -0.2) is 137 Å². The number of hydrogen-bond acceptors (Lipinski definition) is 13. The maximum absolute atomic E-state index is 12.7. The Morgan fingerprint density at radius 2 is 1.46 bits per heavy atom. The summed E-state index contributed by atoms with van der Waals surface area (Å²) in [5.74, 6) is 1.83. The zero-order chi connectivity index (χ0) is 58.6. The van der Waals surface area contributed by atoms with Crippen LogP contribution in [0.4, 0.5) is 11.4 Å². The van der Waals surface area contributed by atoms with Crippen molar-refractivity contribution < 1.29 is 38.6 Å². The molecule has 4 aliphatic carbocycles. The lowest BCUT2D eigenvalue weighted by Crippen LogP contribution is -2.76. The van der Waals surface area contributed by atoms with Gasteiger partial charge in [-0.2, -0.15) is 0 Å². The van der Waals surface area contributed by atoms with E-state index >= 15 is 0 Å². The molecule has 4 fully saturated rings. The van der Waals surface area contributed by atoms with Gasteiger partial charge in [0.1, 0.15) is 11.5 Å². The van der Waals surface area contributed by atoms with Crippen molar-refractivity contribution in [3.63, 3.8) is 0 Å². The molecule has 3 aliphatic heterocycles. The van der Waals surface area contributed by atoms with Gasteiger partial charge in [0.15, 0.2) is 23.4 Å². The van der Waals surface area contributed by atoms with Crippen LogP contribution < -0.4 is 20.1 Å². The molecule has 13 nitrogen and oxygen atoms in total. The predicted octanol–water partition coefficient (Wildman–Crippen LogP) is 10.4. The smallest absolute Gasteiger partial charge is 0.230 e. The van der Waals surface area contributed by atoms with Crippen molar-refractivity contribution in [2.24, 2.45) is 17.6 Å². The second-order valence-corrected chi connectivity index (χ2v) is 26.8. The number of benzene rings is 6. The lowest BCUT2D eigenvalue weighted by molar-refractivity contribution is -0.188. The minimum Gasteiger partial charge on any atom is -0.504 e. The number of ketones is 1. The van der Waals surface area contributed by atoms with E-state index in [4.69, 9.17) is 15.2 Å². The summed E-state index contributed by atoms with van der Waals surface area (Å²) in [5, 5.41) is 33.2. The molecule has 3 heterocycles. The van der Waals surface area contributed by atoms with Gasteiger partial charge in [-0.1, -0.05) is 128 Å². The minimum absolute atomic E-state index is 0.0454. The van der Waals surface area contributed by atoms with Crippen LogP contribution in [-0.2, 0) is 37.8 Å². The zero-order valence-corrected chi connectivity index (χ0v) is 50.6. The van der Waals surface area contributed by atoms with Crippen molar-refractivity contribution in [1.82, 2.24) is 14.7 Å². The van der Waals surface area contributed by atoms with Gasteiger partial charge in [0.05, 0.1) is 40.4 Å². The highest BCUT2D eigenvalue weighted by molar-refractivity contribution is 7.99. The molecule has 15 heteroatoms. The number of Topliss-reactive ketones (excluding diaryl/α,β-unsaturated/α-hetero) is 1. The van der Waals surface area contributed by atoms with E-state index < -0.39 is 39.4 Å². The van der Waals surface area contributed by atoms with Crippen LogP contribution in [0, 0.1) is 11.8 Å². The molecule has 83 heavy (non-hydrogen) atoms. The summed E-state index contributed by atoms with van der Waals surface area (Å²) >= 11 is 1.87. The number of piperidine rings is 1. The number of para-hydroxylation sites is 2.